The highest BCUT2D eigenvalue weighted by atomic mass is 35.5. The molecule has 0 amide bonds. The third-order valence-corrected chi connectivity index (χ3v) is 3.72. The summed E-state index contributed by atoms with van der Waals surface area (Å²) in [4.78, 5) is 12.3. The van der Waals surface area contributed by atoms with Crippen molar-refractivity contribution in [2.24, 2.45) is 0 Å². The summed E-state index contributed by atoms with van der Waals surface area (Å²) in [6.07, 6.45) is 0.246. The Morgan fingerprint density at radius 1 is 0.952 bits per heavy atom. The van der Waals surface area contributed by atoms with Crippen molar-refractivity contribution in [2.45, 2.75) is 6.42 Å². The monoisotopic (exact) mass is 298 g/mol. The summed E-state index contributed by atoms with van der Waals surface area (Å²) < 4.78 is 13.0. The minimum absolute atomic E-state index is 0.115. The molecule has 0 aliphatic heterocycles. The van der Waals surface area contributed by atoms with Gasteiger partial charge in [-0.25, -0.2) is 4.39 Å². The highest BCUT2D eigenvalue weighted by Gasteiger charge is 2.12. The van der Waals surface area contributed by atoms with Gasteiger partial charge in [0.2, 0.25) is 0 Å². The van der Waals surface area contributed by atoms with Gasteiger partial charge >= 0.3 is 0 Å². The maximum absolute atomic E-state index is 13.0. The second-order valence-electron chi connectivity index (χ2n) is 4.91. The topological polar surface area (TPSA) is 17.1 Å². The van der Waals surface area contributed by atoms with E-state index in [0.717, 1.165) is 22.4 Å². The van der Waals surface area contributed by atoms with Crippen LogP contribution in [0.1, 0.15) is 15.9 Å². The molecule has 0 unspecified atom stereocenters. The average molecular weight is 299 g/mol. The summed E-state index contributed by atoms with van der Waals surface area (Å²) in [6.45, 7) is 0. The number of Topliss-reactive ketones (excluding diaryl/α,β-unsaturated/α-hetero) is 1. The van der Waals surface area contributed by atoms with E-state index in [2.05, 4.69) is 0 Å². The average Bonchev–Trinajstić information content (AvgIpc) is 2.47. The molecule has 0 aliphatic rings. The van der Waals surface area contributed by atoms with Crippen LogP contribution in [0.3, 0.4) is 0 Å². The number of fused-ring (bicyclic) bond motifs is 1. The molecule has 21 heavy (non-hydrogen) atoms. The van der Waals surface area contributed by atoms with E-state index in [1.54, 1.807) is 0 Å². The van der Waals surface area contributed by atoms with Crippen molar-refractivity contribution in [3.63, 3.8) is 0 Å². The van der Waals surface area contributed by atoms with Gasteiger partial charge in [0.05, 0.1) is 5.02 Å². The SMILES string of the molecule is O=C(Cc1ccc2ccccc2c1)c1ccc(F)cc1Cl. The van der Waals surface area contributed by atoms with Crippen LogP contribution in [-0.2, 0) is 6.42 Å². The molecule has 3 heteroatoms. The number of benzene rings is 3. The van der Waals surface area contributed by atoms with E-state index in [1.807, 2.05) is 42.5 Å². The molecule has 3 aromatic carbocycles. The Bertz CT molecular complexity index is 826. The number of carbonyl (C=O) groups excluding carboxylic acids is 1. The first-order valence-corrected chi connectivity index (χ1v) is 6.97. The van der Waals surface area contributed by atoms with Gasteiger partial charge in [0.25, 0.3) is 0 Å². The lowest BCUT2D eigenvalue weighted by atomic mass is 10.00. The summed E-state index contributed by atoms with van der Waals surface area (Å²) in [5, 5.41) is 2.38. The van der Waals surface area contributed by atoms with E-state index in [1.165, 1.54) is 12.1 Å². The zero-order valence-electron chi connectivity index (χ0n) is 11.1. The first kappa shape index (κ1) is 13.8. The molecule has 0 aromatic heterocycles. The molecule has 3 rings (SSSR count). The number of hydrogen-bond acceptors (Lipinski definition) is 1. The Morgan fingerprint density at radius 3 is 2.48 bits per heavy atom. The lowest BCUT2D eigenvalue weighted by molar-refractivity contribution is 0.0993. The van der Waals surface area contributed by atoms with E-state index in [9.17, 15) is 9.18 Å². The molecule has 0 fully saturated rings. The molecule has 0 aliphatic carbocycles. The fourth-order valence-electron chi connectivity index (χ4n) is 2.34. The zero-order valence-corrected chi connectivity index (χ0v) is 11.9. The first-order valence-electron chi connectivity index (χ1n) is 6.59. The summed E-state index contributed by atoms with van der Waals surface area (Å²) in [7, 11) is 0. The van der Waals surface area contributed by atoms with Crippen molar-refractivity contribution in [3.8, 4) is 0 Å². The maximum Gasteiger partial charge on any atom is 0.168 e. The van der Waals surface area contributed by atoms with Crippen LogP contribution in [0.2, 0.25) is 5.02 Å². The molecule has 0 spiro atoms. The first-order chi connectivity index (χ1) is 10.1. The highest BCUT2D eigenvalue weighted by molar-refractivity contribution is 6.34. The Kier molecular flexibility index (Phi) is 3.72. The number of ketones is 1. The summed E-state index contributed by atoms with van der Waals surface area (Å²) in [6, 6.07) is 17.7. The molecular formula is C18H12ClFO. The van der Waals surface area contributed by atoms with E-state index in [-0.39, 0.29) is 17.2 Å². The zero-order chi connectivity index (χ0) is 14.8. The number of hydrogen-bond donors (Lipinski definition) is 0. The fourth-order valence-corrected chi connectivity index (χ4v) is 2.62. The Balaban J connectivity index is 1.89. The fraction of sp³-hybridized carbons (Fsp3) is 0.0556. The molecule has 0 heterocycles. The normalized spacial score (nSPS) is 10.8. The van der Waals surface area contributed by atoms with Gasteiger partial charge in [-0.2, -0.15) is 0 Å². The van der Waals surface area contributed by atoms with Crippen molar-refractivity contribution in [1.82, 2.24) is 0 Å². The van der Waals surface area contributed by atoms with Gasteiger partial charge < -0.3 is 0 Å². The third kappa shape index (κ3) is 2.96. The molecule has 0 atom stereocenters. The van der Waals surface area contributed by atoms with Crippen LogP contribution in [0.25, 0.3) is 10.8 Å². The Labute approximate surface area is 127 Å². The van der Waals surface area contributed by atoms with Crippen molar-refractivity contribution < 1.29 is 9.18 Å². The van der Waals surface area contributed by atoms with Gasteiger partial charge in [0.1, 0.15) is 5.82 Å². The molecular weight excluding hydrogens is 287 g/mol. The predicted octanol–water partition coefficient (Wildman–Crippen LogP) is 5.06. The van der Waals surface area contributed by atoms with Crippen LogP contribution in [-0.4, -0.2) is 5.78 Å². The lowest BCUT2D eigenvalue weighted by Crippen LogP contribution is -2.04. The smallest absolute Gasteiger partial charge is 0.168 e. The molecule has 0 bridgehead atoms. The maximum atomic E-state index is 13.0. The second-order valence-corrected chi connectivity index (χ2v) is 5.31. The molecule has 3 aromatic rings. The molecule has 0 N–H and O–H groups in total. The van der Waals surface area contributed by atoms with Gasteiger partial charge in [-0.15, -0.1) is 0 Å². The number of halogens is 2. The van der Waals surface area contributed by atoms with Crippen LogP contribution < -0.4 is 0 Å². The van der Waals surface area contributed by atoms with Crippen molar-refractivity contribution in [1.29, 1.82) is 0 Å². The Hall–Kier alpha value is -2.19. The third-order valence-electron chi connectivity index (χ3n) is 3.41. The van der Waals surface area contributed by atoms with E-state index < -0.39 is 5.82 Å². The van der Waals surface area contributed by atoms with Gasteiger partial charge in [-0.05, 0) is 34.5 Å². The van der Waals surface area contributed by atoms with E-state index in [0.29, 0.717) is 5.56 Å². The van der Waals surface area contributed by atoms with E-state index >= 15 is 0 Å². The molecule has 0 saturated carbocycles. The molecule has 0 radical (unpaired) electrons. The summed E-state index contributed by atoms with van der Waals surface area (Å²) in [5.41, 5.74) is 1.27. The standard InChI is InChI=1S/C18H12ClFO/c19-17-11-15(20)7-8-16(17)18(21)10-12-5-6-13-3-1-2-4-14(13)9-12/h1-9,11H,10H2. The second kappa shape index (κ2) is 5.66. The lowest BCUT2D eigenvalue weighted by Gasteiger charge is -2.05. The molecule has 104 valence electrons. The van der Waals surface area contributed by atoms with Crippen LogP contribution >= 0.6 is 11.6 Å². The number of rotatable bonds is 3. The molecule has 0 saturated heterocycles. The number of carbonyl (C=O) groups is 1. The minimum atomic E-state index is -0.442. The predicted molar refractivity (Wildman–Crippen MR) is 83.4 cm³/mol. The Morgan fingerprint density at radius 2 is 1.71 bits per heavy atom. The molecule has 1 nitrogen and oxygen atoms in total. The quantitative estimate of drug-likeness (QED) is 0.618. The van der Waals surface area contributed by atoms with Crippen LogP contribution in [0, 0.1) is 5.82 Å². The van der Waals surface area contributed by atoms with Gasteiger partial charge in [0, 0.05) is 12.0 Å². The van der Waals surface area contributed by atoms with Crippen molar-refractivity contribution in [3.05, 3.63) is 82.6 Å². The van der Waals surface area contributed by atoms with Gasteiger partial charge in [-0.3, -0.25) is 4.79 Å². The summed E-state index contributed by atoms with van der Waals surface area (Å²) in [5.74, 6) is -0.558. The van der Waals surface area contributed by atoms with E-state index in [4.69, 9.17) is 11.6 Å². The van der Waals surface area contributed by atoms with Crippen LogP contribution in [0.5, 0.6) is 0 Å². The highest BCUT2D eigenvalue weighted by Crippen LogP contribution is 2.21. The minimum Gasteiger partial charge on any atom is -0.294 e. The van der Waals surface area contributed by atoms with Crippen LogP contribution in [0.4, 0.5) is 4.39 Å². The van der Waals surface area contributed by atoms with Crippen molar-refractivity contribution >= 4 is 28.2 Å². The largest absolute Gasteiger partial charge is 0.294 e. The van der Waals surface area contributed by atoms with Gasteiger partial charge in [0.15, 0.2) is 5.78 Å². The van der Waals surface area contributed by atoms with Crippen LogP contribution in [0.15, 0.2) is 60.7 Å². The summed E-state index contributed by atoms with van der Waals surface area (Å²) >= 11 is 5.92. The van der Waals surface area contributed by atoms with Gasteiger partial charge in [-0.1, -0.05) is 54.1 Å². The van der Waals surface area contributed by atoms with Crippen molar-refractivity contribution in [2.75, 3.05) is 0 Å².